The highest BCUT2D eigenvalue weighted by Gasteiger charge is 2.20. The number of carbonyl (C=O) groups is 1. The van der Waals surface area contributed by atoms with E-state index in [0.29, 0.717) is 24.2 Å². The van der Waals surface area contributed by atoms with Crippen LogP contribution in [-0.4, -0.2) is 48.0 Å². The van der Waals surface area contributed by atoms with Gasteiger partial charge in [0.25, 0.3) is 5.91 Å². The van der Waals surface area contributed by atoms with E-state index in [2.05, 4.69) is 47.5 Å². The van der Waals surface area contributed by atoms with Crippen LogP contribution in [0.2, 0.25) is 0 Å². The molecule has 0 aliphatic rings. The van der Waals surface area contributed by atoms with Crippen LogP contribution in [-0.2, 0) is 0 Å². The molecule has 1 aromatic rings. The first-order valence-electron chi connectivity index (χ1n) is 8.47. The minimum Gasteiger partial charge on any atom is -0.383 e. The summed E-state index contributed by atoms with van der Waals surface area (Å²) >= 11 is 0. The van der Waals surface area contributed by atoms with Gasteiger partial charge in [-0.25, -0.2) is 0 Å². The quantitative estimate of drug-likeness (QED) is 0.613. The van der Waals surface area contributed by atoms with Crippen molar-refractivity contribution in [3.05, 3.63) is 49.3 Å². The number of nitrogens with one attached hydrogen (secondary N) is 2. The Kier molecular flexibility index (Phi) is 8.79. The fourth-order valence-corrected chi connectivity index (χ4v) is 2.60. The van der Waals surface area contributed by atoms with Gasteiger partial charge in [0.15, 0.2) is 0 Å². The molecule has 5 heteroatoms. The normalized spacial score (nSPS) is 12.0. The van der Waals surface area contributed by atoms with Gasteiger partial charge < -0.3 is 10.6 Å². The number of hydrogen-bond donors (Lipinski definition) is 2. The Hall–Kier alpha value is -2.14. The lowest BCUT2D eigenvalue weighted by Gasteiger charge is -2.33. The van der Waals surface area contributed by atoms with Crippen LogP contribution in [0.1, 0.15) is 31.3 Å². The van der Waals surface area contributed by atoms with Gasteiger partial charge in [0.05, 0.1) is 0 Å². The van der Waals surface area contributed by atoms with Gasteiger partial charge >= 0.3 is 0 Å². The van der Waals surface area contributed by atoms with E-state index in [-0.39, 0.29) is 5.91 Å². The molecule has 1 unspecified atom stereocenters. The first kappa shape index (κ1) is 19.9. The third-order valence-electron chi connectivity index (χ3n) is 3.81. The standard InChI is InChI=1S/C19H30N4O/c1-6-11-23(12-7-2)18(15(4)5)14-22-16-9-10-21-17(13-16)19(24)20-8-3/h6-7,9-10,13,15,18H,1-2,8,11-12,14H2,3-5H3,(H,20,24)(H,21,22). The topological polar surface area (TPSA) is 57.3 Å². The number of nitrogens with zero attached hydrogens (tertiary/aromatic N) is 2. The molecule has 0 spiro atoms. The van der Waals surface area contributed by atoms with Gasteiger partial charge in [0.2, 0.25) is 0 Å². The van der Waals surface area contributed by atoms with E-state index in [4.69, 9.17) is 0 Å². The fourth-order valence-electron chi connectivity index (χ4n) is 2.60. The molecule has 1 rings (SSSR count). The predicted octanol–water partition coefficient (Wildman–Crippen LogP) is 2.94. The molecule has 24 heavy (non-hydrogen) atoms. The molecule has 0 saturated carbocycles. The Labute approximate surface area is 145 Å². The van der Waals surface area contributed by atoms with Crippen molar-refractivity contribution in [2.24, 2.45) is 5.92 Å². The van der Waals surface area contributed by atoms with E-state index < -0.39 is 0 Å². The average molecular weight is 330 g/mol. The van der Waals surface area contributed by atoms with Crippen molar-refractivity contribution in [1.82, 2.24) is 15.2 Å². The maximum atomic E-state index is 11.9. The van der Waals surface area contributed by atoms with Gasteiger partial charge in [0.1, 0.15) is 5.69 Å². The van der Waals surface area contributed by atoms with Gasteiger partial charge in [-0.1, -0.05) is 26.0 Å². The summed E-state index contributed by atoms with van der Waals surface area (Å²) in [7, 11) is 0. The smallest absolute Gasteiger partial charge is 0.269 e. The average Bonchev–Trinajstić information content (AvgIpc) is 2.55. The highest BCUT2D eigenvalue weighted by molar-refractivity contribution is 5.93. The monoisotopic (exact) mass is 330 g/mol. The summed E-state index contributed by atoms with van der Waals surface area (Å²) < 4.78 is 0. The van der Waals surface area contributed by atoms with Crippen LogP contribution in [0.5, 0.6) is 0 Å². The van der Waals surface area contributed by atoms with Gasteiger partial charge in [-0.2, -0.15) is 0 Å². The number of aromatic nitrogens is 1. The minimum atomic E-state index is -0.151. The van der Waals surface area contributed by atoms with Crippen LogP contribution in [0, 0.1) is 5.92 Å². The summed E-state index contributed by atoms with van der Waals surface area (Å²) in [6, 6.07) is 4.00. The van der Waals surface area contributed by atoms with Crippen molar-refractivity contribution in [1.29, 1.82) is 0 Å². The molecule has 132 valence electrons. The Bertz CT molecular complexity index is 532. The van der Waals surface area contributed by atoms with E-state index in [0.717, 1.165) is 25.3 Å². The van der Waals surface area contributed by atoms with Crippen molar-refractivity contribution in [2.75, 3.05) is 31.5 Å². The maximum absolute atomic E-state index is 11.9. The van der Waals surface area contributed by atoms with Crippen LogP contribution in [0.3, 0.4) is 0 Å². The third-order valence-corrected chi connectivity index (χ3v) is 3.81. The number of anilines is 1. The second kappa shape index (κ2) is 10.6. The first-order chi connectivity index (χ1) is 11.5. The lowest BCUT2D eigenvalue weighted by Crippen LogP contribution is -2.43. The van der Waals surface area contributed by atoms with Gasteiger partial charge in [-0.3, -0.25) is 14.7 Å². The van der Waals surface area contributed by atoms with Crippen molar-refractivity contribution in [3.63, 3.8) is 0 Å². The summed E-state index contributed by atoms with van der Waals surface area (Å²) in [5.41, 5.74) is 1.33. The van der Waals surface area contributed by atoms with E-state index in [1.165, 1.54) is 0 Å². The minimum absolute atomic E-state index is 0.151. The summed E-state index contributed by atoms with van der Waals surface area (Å²) in [6.45, 7) is 17.0. The van der Waals surface area contributed by atoms with E-state index in [9.17, 15) is 4.79 Å². The molecule has 0 aliphatic carbocycles. The van der Waals surface area contributed by atoms with Crippen molar-refractivity contribution >= 4 is 11.6 Å². The Balaban J connectivity index is 2.79. The molecule has 0 fully saturated rings. The zero-order valence-electron chi connectivity index (χ0n) is 15.1. The second-order valence-electron chi connectivity index (χ2n) is 6.01. The zero-order chi connectivity index (χ0) is 17.9. The fraction of sp³-hybridized carbons (Fsp3) is 0.474. The van der Waals surface area contributed by atoms with Crippen LogP contribution >= 0.6 is 0 Å². The molecular formula is C19H30N4O. The van der Waals surface area contributed by atoms with Gasteiger partial charge in [0, 0.05) is 44.1 Å². The second-order valence-corrected chi connectivity index (χ2v) is 6.01. The molecule has 0 bridgehead atoms. The molecule has 0 saturated heterocycles. The number of amides is 1. The molecule has 0 radical (unpaired) electrons. The van der Waals surface area contributed by atoms with E-state index in [1.54, 1.807) is 12.3 Å². The van der Waals surface area contributed by atoms with Crippen molar-refractivity contribution in [3.8, 4) is 0 Å². The molecule has 1 atom stereocenters. The molecule has 0 aromatic carbocycles. The molecular weight excluding hydrogens is 300 g/mol. The lowest BCUT2D eigenvalue weighted by atomic mass is 10.0. The number of rotatable bonds is 11. The molecule has 1 amide bonds. The molecule has 5 nitrogen and oxygen atoms in total. The number of hydrogen-bond acceptors (Lipinski definition) is 4. The zero-order valence-corrected chi connectivity index (χ0v) is 15.1. The largest absolute Gasteiger partial charge is 0.383 e. The van der Waals surface area contributed by atoms with Crippen LogP contribution in [0.25, 0.3) is 0 Å². The molecule has 1 aromatic heterocycles. The van der Waals surface area contributed by atoms with Crippen LogP contribution in [0.4, 0.5) is 5.69 Å². The van der Waals surface area contributed by atoms with Crippen LogP contribution in [0.15, 0.2) is 43.6 Å². The maximum Gasteiger partial charge on any atom is 0.269 e. The van der Waals surface area contributed by atoms with Crippen LogP contribution < -0.4 is 10.6 Å². The Morgan fingerprint density at radius 2 is 2.00 bits per heavy atom. The summed E-state index contributed by atoms with van der Waals surface area (Å²) in [4.78, 5) is 18.4. The van der Waals surface area contributed by atoms with E-state index in [1.807, 2.05) is 25.1 Å². The molecule has 1 heterocycles. The van der Waals surface area contributed by atoms with Gasteiger partial charge in [-0.05, 0) is 25.0 Å². The summed E-state index contributed by atoms with van der Waals surface area (Å²) in [6.07, 6.45) is 5.49. The van der Waals surface area contributed by atoms with Gasteiger partial charge in [-0.15, -0.1) is 13.2 Å². The first-order valence-corrected chi connectivity index (χ1v) is 8.47. The Morgan fingerprint density at radius 3 is 2.54 bits per heavy atom. The number of pyridine rings is 1. The predicted molar refractivity (Wildman–Crippen MR) is 101 cm³/mol. The highest BCUT2D eigenvalue weighted by atomic mass is 16.1. The highest BCUT2D eigenvalue weighted by Crippen LogP contribution is 2.14. The third kappa shape index (κ3) is 6.16. The Morgan fingerprint density at radius 1 is 1.33 bits per heavy atom. The molecule has 0 aliphatic heterocycles. The van der Waals surface area contributed by atoms with E-state index >= 15 is 0 Å². The lowest BCUT2D eigenvalue weighted by molar-refractivity contribution is 0.0951. The summed E-state index contributed by atoms with van der Waals surface area (Å²) in [5.74, 6) is 0.323. The van der Waals surface area contributed by atoms with Crippen molar-refractivity contribution in [2.45, 2.75) is 26.8 Å². The van der Waals surface area contributed by atoms with Crippen molar-refractivity contribution < 1.29 is 4.79 Å². The molecule has 2 N–H and O–H groups in total. The summed E-state index contributed by atoms with van der Waals surface area (Å²) in [5, 5.41) is 6.19. The number of carbonyl (C=O) groups excluding carboxylic acids is 1. The SMILES string of the molecule is C=CCN(CC=C)C(CNc1ccnc(C(=O)NCC)c1)C(C)C.